The molecule has 2 saturated carbocycles. The number of hydrogen-bond donors (Lipinski definition) is 2. The van der Waals surface area contributed by atoms with Crippen LogP contribution < -0.4 is 10.6 Å². The van der Waals surface area contributed by atoms with Crippen molar-refractivity contribution in [2.45, 2.75) is 64.3 Å². The summed E-state index contributed by atoms with van der Waals surface area (Å²) in [6, 6.07) is 8.24. The van der Waals surface area contributed by atoms with Crippen LogP contribution in [0.3, 0.4) is 0 Å². The summed E-state index contributed by atoms with van der Waals surface area (Å²) < 4.78 is 0. The number of carbonyl (C=O) groups is 2. The zero-order valence-corrected chi connectivity index (χ0v) is 14.5. The summed E-state index contributed by atoms with van der Waals surface area (Å²) in [4.78, 5) is 24.8. The van der Waals surface area contributed by atoms with Crippen LogP contribution in [-0.4, -0.2) is 17.9 Å². The Hall–Kier alpha value is -1.84. The van der Waals surface area contributed by atoms with E-state index in [-0.39, 0.29) is 23.7 Å². The number of aryl methyl sites for hydroxylation is 1. The van der Waals surface area contributed by atoms with Crippen LogP contribution in [0.25, 0.3) is 0 Å². The van der Waals surface area contributed by atoms with Gasteiger partial charge in [0.15, 0.2) is 0 Å². The van der Waals surface area contributed by atoms with E-state index in [1.165, 1.54) is 12.8 Å². The Bertz CT molecular complexity index is 585. The molecule has 0 atom stereocenters. The third kappa shape index (κ3) is 4.16. The second kappa shape index (κ2) is 7.82. The van der Waals surface area contributed by atoms with E-state index >= 15 is 0 Å². The van der Waals surface area contributed by atoms with Gasteiger partial charge in [0.25, 0.3) is 0 Å². The number of benzene rings is 1. The van der Waals surface area contributed by atoms with Crippen molar-refractivity contribution in [1.29, 1.82) is 0 Å². The molecule has 0 spiro atoms. The number of para-hydroxylation sites is 1. The summed E-state index contributed by atoms with van der Waals surface area (Å²) in [5.41, 5.74) is 1.97. The molecule has 2 fully saturated rings. The van der Waals surface area contributed by atoms with E-state index in [1.807, 2.05) is 31.2 Å². The molecular formula is C20H28N2O2. The Kier molecular flexibility index (Phi) is 5.54. The van der Waals surface area contributed by atoms with E-state index in [4.69, 9.17) is 0 Å². The van der Waals surface area contributed by atoms with Crippen molar-refractivity contribution in [3.63, 3.8) is 0 Å². The number of carbonyl (C=O) groups excluding carboxylic acids is 2. The van der Waals surface area contributed by atoms with Crippen molar-refractivity contribution in [2.24, 2.45) is 11.8 Å². The molecule has 1 aromatic carbocycles. The molecule has 24 heavy (non-hydrogen) atoms. The third-order valence-electron chi connectivity index (χ3n) is 5.57. The lowest BCUT2D eigenvalue weighted by atomic mass is 9.81. The Morgan fingerprint density at radius 3 is 2.08 bits per heavy atom. The van der Waals surface area contributed by atoms with Crippen molar-refractivity contribution >= 4 is 17.5 Å². The number of rotatable bonds is 4. The Morgan fingerprint density at radius 2 is 1.46 bits per heavy atom. The highest BCUT2D eigenvalue weighted by molar-refractivity contribution is 5.93. The fourth-order valence-corrected chi connectivity index (χ4v) is 3.95. The smallest absolute Gasteiger partial charge is 0.227 e. The molecule has 2 aliphatic rings. The van der Waals surface area contributed by atoms with Crippen LogP contribution in [0.4, 0.5) is 5.69 Å². The van der Waals surface area contributed by atoms with E-state index in [0.717, 1.165) is 49.8 Å². The van der Waals surface area contributed by atoms with Gasteiger partial charge in [0.2, 0.25) is 11.8 Å². The molecule has 2 aliphatic carbocycles. The molecule has 0 heterocycles. The molecule has 1 aromatic rings. The second-order valence-electron chi connectivity index (χ2n) is 7.34. The van der Waals surface area contributed by atoms with Gasteiger partial charge in [-0.15, -0.1) is 0 Å². The van der Waals surface area contributed by atoms with E-state index in [0.29, 0.717) is 6.04 Å². The van der Waals surface area contributed by atoms with Gasteiger partial charge >= 0.3 is 0 Å². The quantitative estimate of drug-likeness (QED) is 0.883. The summed E-state index contributed by atoms with van der Waals surface area (Å²) in [5.74, 6) is 0.423. The first kappa shape index (κ1) is 17.0. The lowest BCUT2D eigenvalue weighted by Crippen LogP contribution is -2.39. The fourth-order valence-electron chi connectivity index (χ4n) is 3.95. The minimum Gasteiger partial charge on any atom is -0.353 e. The molecule has 0 aliphatic heterocycles. The SMILES string of the molecule is Cc1ccccc1NC(=O)C1CCC(C(=O)NC2CCCC2)CC1. The van der Waals surface area contributed by atoms with Gasteiger partial charge in [-0.1, -0.05) is 31.0 Å². The van der Waals surface area contributed by atoms with Crippen molar-refractivity contribution in [3.8, 4) is 0 Å². The highest BCUT2D eigenvalue weighted by atomic mass is 16.2. The maximum Gasteiger partial charge on any atom is 0.227 e. The zero-order valence-electron chi connectivity index (χ0n) is 14.5. The van der Waals surface area contributed by atoms with Crippen molar-refractivity contribution in [2.75, 3.05) is 5.32 Å². The third-order valence-corrected chi connectivity index (χ3v) is 5.57. The molecule has 4 heteroatoms. The predicted molar refractivity (Wildman–Crippen MR) is 95.7 cm³/mol. The van der Waals surface area contributed by atoms with E-state index in [2.05, 4.69) is 10.6 Å². The summed E-state index contributed by atoms with van der Waals surface area (Å²) in [7, 11) is 0. The van der Waals surface area contributed by atoms with Gasteiger partial charge in [-0.25, -0.2) is 0 Å². The van der Waals surface area contributed by atoms with Gasteiger partial charge in [0.1, 0.15) is 0 Å². The molecule has 0 bridgehead atoms. The van der Waals surface area contributed by atoms with Crippen LogP contribution in [0.15, 0.2) is 24.3 Å². The first-order valence-electron chi connectivity index (χ1n) is 9.30. The Balaban J connectivity index is 1.46. The first-order valence-corrected chi connectivity index (χ1v) is 9.30. The molecule has 130 valence electrons. The monoisotopic (exact) mass is 328 g/mol. The van der Waals surface area contributed by atoms with Gasteiger partial charge in [0, 0.05) is 23.6 Å². The zero-order chi connectivity index (χ0) is 16.9. The van der Waals surface area contributed by atoms with Gasteiger partial charge in [-0.05, 0) is 57.1 Å². The van der Waals surface area contributed by atoms with Crippen molar-refractivity contribution in [3.05, 3.63) is 29.8 Å². The minimum absolute atomic E-state index is 0.0279. The standard InChI is InChI=1S/C20H28N2O2/c1-14-6-2-5-9-18(14)22-20(24)16-12-10-15(11-13-16)19(23)21-17-7-3-4-8-17/h2,5-6,9,15-17H,3-4,7-8,10-13H2,1H3,(H,21,23)(H,22,24). The number of hydrogen-bond acceptors (Lipinski definition) is 2. The second-order valence-corrected chi connectivity index (χ2v) is 7.34. The molecule has 2 amide bonds. The Labute approximate surface area is 144 Å². The lowest BCUT2D eigenvalue weighted by Gasteiger charge is -2.28. The maximum absolute atomic E-state index is 12.5. The van der Waals surface area contributed by atoms with Crippen LogP contribution in [0.1, 0.15) is 56.9 Å². The maximum atomic E-state index is 12.5. The molecule has 2 N–H and O–H groups in total. The number of amides is 2. The van der Waals surface area contributed by atoms with Gasteiger partial charge in [-0.2, -0.15) is 0 Å². The number of nitrogens with one attached hydrogen (secondary N) is 2. The van der Waals surface area contributed by atoms with Crippen LogP contribution in [0, 0.1) is 18.8 Å². The molecule has 4 nitrogen and oxygen atoms in total. The van der Waals surface area contributed by atoms with E-state index in [1.54, 1.807) is 0 Å². The lowest BCUT2D eigenvalue weighted by molar-refractivity contribution is -0.129. The van der Waals surface area contributed by atoms with Crippen LogP contribution in [-0.2, 0) is 9.59 Å². The van der Waals surface area contributed by atoms with Crippen molar-refractivity contribution < 1.29 is 9.59 Å². The van der Waals surface area contributed by atoms with Gasteiger partial charge in [0.05, 0.1) is 0 Å². The fraction of sp³-hybridized carbons (Fsp3) is 0.600. The highest BCUT2D eigenvalue weighted by Gasteiger charge is 2.31. The molecule has 0 unspecified atom stereocenters. The van der Waals surface area contributed by atoms with E-state index < -0.39 is 0 Å². The van der Waals surface area contributed by atoms with Crippen molar-refractivity contribution in [1.82, 2.24) is 5.32 Å². The van der Waals surface area contributed by atoms with Gasteiger partial charge in [-0.3, -0.25) is 9.59 Å². The predicted octanol–water partition coefficient (Wildman–Crippen LogP) is 3.80. The van der Waals surface area contributed by atoms with Crippen LogP contribution in [0.5, 0.6) is 0 Å². The normalized spacial score (nSPS) is 24.5. The van der Waals surface area contributed by atoms with Gasteiger partial charge < -0.3 is 10.6 Å². The molecule has 0 saturated heterocycles. The molecule has 3 rings (SSSR count). The Morgan fingerprint density at radius 1 is 0.875 bits per heavy atom. The topological polar surface area (TPSA) is 58.2 Å². The largest absolute Gasteiger partial charge is 0.353 e. The minimum atomic E-state index is 0.0279. The first-order chi connectivity index (χ1) is 11.6. The average Bonchev–Trinajstić information content (AvgIpc) is 3.10. The summed E-state index contributed by atoms with van der Waals surface area (Å²) in [6.45, 7) is 2.00. The summed E-state index contributed by atoms with van der Waals surface area (Å²) >= 11 is 0. The summed E-state index contributed by atoms with van der Waals surface area (Å²) in [5, 5.41) is 6.24. The molecule has 0 radical (unpaired) electrons. The average molecular weight is 328 g/mol. The van der Waals surface area contributed by atoms with E-state index in [9.17, 15) is 9.59 Å². The number of anilines is 1. The van der Waals surface area contributed by atoms with Crippen LogP contribution in [0.2, 0.25) is 0 Å². The van der Waals surface area contributed by atoms with Crippen LogP contribution >= 0.6 is 0 Å². The molecule has 0 aromatic heterocycles. The highest BCUT2D eigenvalue weighted by Crippen LogP contribution is 2.30. The summed E-state index contributed by atoms with van der Waals surface area (Å²) in [6.07, 6.45) is 7.98. The molecular weight excluding hydrogens is 300 g/mol.